The highest BCUT2D eigenvalue weighted by atomic mass is 16.5. The normalized spacial score (nSPS) is 14.7. The highest BCUT2D eigenvalue weighted by molar-refractivity contribution is 5.92. The summed E-state index contributed by atoms with van der Waals surface area (Å²) in [5, 5.41) is 2.95. The van der Waals surface area contributed by atoms with Gasteiger partial charge in [-0.05, 0) is 31.0 Å². The number of rotatable bonds is 8. The number of amides is 1. The van der Waals surface area contributed by atoms with E-state index in [1.807, 2.05) is 55.5 Å². The van der Waals surface area contributed by atoms with Crippen LogP contribution in [0.2, 0.25) is 0 Å². The monoisotopic (exact) mass is 368 g/mol. The lowest BCUT2D eigenvalue weighted by Gasteiger charge is -2.26. The van der Waals surface area contributed by atoms with Crippen molar-refractivity contribution in [1.82, 2.24) is 4.90 Å². The number of benzene rings is 2. The third-order valence-electron chi connectivity index (χ3n) is 4.59. The predicted molar refractivity (Wildman–Crippen MR) is 107 cm³/mol. The molecule has 3 rings (SSSR count). The molecule has 144 valence electrons. The lowest BCUT2D eigenvalue weighted by molar-refractivity contribution is -0.115. The van der Waals surface area contributed by atoms with Gasteiger partial charge in [-0.2, -0.15) is 0 Å². The van der Waals surface area contributed by atoms with Crippen molar-refractivity contribution in [3.8, 4) is 5.75 Å². The van der Waals surface area contributed by atoms with Gasteiger partial charge < -0.3 is 14.8 Å². The van der Waals surface area contributed by atoms with E-state index >= 15 is 0 Å². The standard InChI is InChI=1S/C22H28N2O3/c1-18-6-8-19(9-7-18)16-22(25)23-20-4-2-5-21(17-20)27-13-3-10-24-11-14-26-15-12-24/h2,4-9,17H,3,10-16H2,1H3,(H,23,25). The Bertz CT molecular complexity index is 725. The molecule has 1 saturated heterocycles. The van der Waals surface area contributed by atoms with E-state index in [1.165, 1.54) is 5.56 Å². The molecule has 1 N–H and O–H groups in total. The number of nitrogens with one attached hydrogen (secondary N) is 1. The minimum atomic E-state index is -0.0247. The van der Waals surface area contributed by atoms with E-state index in [4.69, 9.17) is 9.47 Å². The molecule has 1 aliphatic heterocycles. The molecule has 0 spiro atoms. The minimum Gasteiger partial charge on any atom is -0.493 e. The molecule has 0 aromatic heterocycles. The zero-order chi connectivity index (χ0) is 18.9. The number of aryl methyl sites for hydroxylation is 1. The number of carbonyl (C=O) groups excluding carboxylic acids is 1. The summed E-state index contributed by atoms with van der Waals surface area (Å²) in [6.45, 7) is 7.38. The molecule has 0 aliphatic carbocycles. The Balaban J connectivity index is 1.42. The molecule has 1 fully saturated rings. The molecular formula is C22H28N2O3. The fourth-order valence-electron chi connectivity index (χ4n) is 3.06. The number of carbonyl (C=O) groups is 1. The molecule has 0 unspecified atom stereocenters. The Kier molecular flexibility index (Phi) is 7.25. The van der Waals surface area contributed by atoms with Gasteiger partial charge >= 0.3 is 0 Å². The van der Waals surface area contributed by atoms with Crippen molar-refractivity contribution in [3.63, 3.8) is 0 Å². The molecular weight excluding hydrogens is 340 g/mol. The van der Waals surface area contributed by atoms with Gasteiger partial charge in [-0.1, -0.05) is 35.9 Å². The summed E-state index contributed by atoms with van der Waals surface area (Å²) in [7, 11) is 0. The second-order valence-electron chi connectivity index (χ2n) is 6.89. The molecule has 5 heteroatoms. The fourth-order valence-corrected chi connectivity index (χ4v) is 3.06. The molecule has 2 aromatic carbocycles. The van der Waals surface area contributed by atoms with Gasteiger partial charge in [0.2, 0.25) is 5.91 Å². The lowest BCUT2D eigenvalue weighted by Crippen LogP contribution is -2.37. The van der Waals surface area contributed by atoms with Crippen LogP contribution in [0.25, 0.3) is 0 Å². The zero-order valence-corrected chi connectivity index (χ0v) is 15.9. The molecule has 1 heterocycles. The van der Waals surface area contributed by atoms with Crippen molar-refractivity contribution in [1.29, 1.82) is 0 Å². The SMILES string of the molecule is Cc1ccc(CC(=O)Nc2cccc(OCCCN3CCOCC3)c2)cc1. The highest BCUT2D eigenvalue weighted by Gasteiger charge is 2.09. The smallest absolute Gasteiger partial charge is 0.228 e. The number of anilines is 1. The molecule has 0 bridgehead atoms. The number of morpholine rings is 1. The van der Waals surface area contributed by atoms with E-state index in [-0.39, 0.29) is 5.91 Å². The molecule has 27 heavy (non-hydrogen) atoms. The first-order valence-corrected chi connectivity index (χ1v) is 9.57. The first-order chi connectivity index (χ1) is 13.2. The Morgan fingerprint density at radius 1 is 1.15 bits per heavy atom. The third-order valence-corrected chi connectivity index (χ3v) is 4.59. The Morgan fingerprint density at radius 3 is 2.70 bits per heavy atom. The molecule has 0 saturated carbocycles. The van der Waals surface area contributed by atoms with Crippen molar-refractivity contribution in [3.05, 3.63) is 59.7 Å². The Morgan fingerprint density at radius 2 is 1.93 bits per heavy atom. The Hall–Kier alpha value is -2.37. The molecule has 5 nitrogen and oxygen atoms in total. The minimum absolute atomic E-state index is 0.0247. The van der Waals surface area contributed by atoms with Crippen LogP contribution in [0.15, 0.2) is 48.5 Å². The quantitative estimate of drug-likeness (QED) is 0.727. The lowest BCUT2D eigenvalue weighted by atomic mass is 10.1. The summed E-state index contributed by atoms with van der Waals surface area (Å²) in [6, 6.07) is 15.6. The maximum Gasteiger partial charge on any atom is 0.228 e. The van der Waals surface area contributed by atoms with Gasteiger partial charge in [0.15, 0.2) is 0 Å². The molecule has 2 aromatic rings. The van der Waals surface area contributed by atoms with Crippen LogP contribution >= 0.6 is 0 Å². The van der Waals surface area contributed by atoms with Crippen LogP contribution in [0.1, 0.15) is 17.5 Å². The van der Waals surface area contributed by atoms with E-state index in [0.29, 0.717) is 13.0 Å². The van der Waals surface area contributed by atoms with Gasteiger partial charge in [-0.3, -0.25) is 9.69 Å². The van der Waals surface area contributed by atoms with Crippen molar-refractivity contribution >= 4 is 11.6 Å². The van der Waals surface area contributed by atoms with Crippen LogP contribution in [0.4, 0.5) is 5.69 Å². The average molecular weight is 368 g/mol. The van der Waals surface area contributed by atoms with E-state index in [2.05, 4.69) is 10.2 Å². The summed E-state index contributed by atoms with van der Waals surface area (Å²) in [4.78, 5) is 14.6. The number of nitrogens with zero attached hydrogens (tertiary/aromatic N) is 1. The summed E-state index contributed by atoms with van der Waals surface area (Å²) >= 11 is 0. The van der Waals surface area contributed by atoms with Crippen molar-refractivity contribution in [2.24, 2.45) is 0 Å². The van der Waals surface area contributed by atoms with Crippen LogP contribution in [0.5, 0.6) is 5.75 Å². The first kappa shape index (κ1) is 19.4. The summed E-state index contributed by atoms with van der Waals surface area (Å²) in [5.41, 5.74) is 2.96. The Labute approximate surface area is 161 Å². The predicted octanol–water partition coefficient (Wildman–Crippen LogP) is 3.28. The van der Waals surface area contributed by atoms with Crippen LogP contribution < -0.4 is 10.1 Å². The van der Waals surface area contributed by atoms with Crippen LogP contribution in [0, 0.1) is 6.92 Å². The van der Waals surface area contributed by atoms with Gasteiger partial charge in [-0.15, -0.1) is 0 Å². The third kappa shape index (κ3) is 6.70. The number of hydrogen-bond acceptors (Lipinski definition) is 4. The van der Waals surface area contributed by atoms with Gasteiger partial charge in [0.25, 0.3) is 0 Å². The molecule has 0 radical (unpaired) electrons. The van der Waals surface area contributed by atoms with Crippen LogP contribution in [-0.4, -0.2) is 50.3 Å². The first-order valence-electron chi connectivity index (χ1n) is 9.57. The van der Waals surface area contributed by atoms with E-state index in [0.717, 1.165) is 56.3 Å². The second-order valence-corrected chi connectivity index (χ2v) is 6.89. The second kappa shape index (κ2) is 10.1. The van der Waals surface area contributed by atoms with Crippen molar-refractivity contribution < 1.29 is 14.3 Å². The van der Waals surface area contributed by atoms with E-state index in [9.17, 15) is 4.79 Å². The summed E-state index contributed by atoms with van der Waals surface area (Å²) in [5.74, 6) is 0.758. The molecule has 1 aliphatic rings. The maximum atomic E-state index is 12.2. The fraction of sp³-hybridized carbons (Fsp3) is 0.409. The van der Waals surface area contributed by atoms with Crippen LogP contribution in [-0.2, 0) is 16.0 Å². The molecule has 1 amide bonds. The van der Waals surface area contributed by atoms with Gasteiger partial charge in [0, 0.05) is 31.4 Å². The highest BCUT2D eigenvalue weighted by Crippen LogP contribution is 2.18. The number of hydrogen-bond donors (Lipinski definition) is 1. The van der Waals surface area contributed by atoms with Gasteiger partial charge in [0.1, 0.15) is 5.75 Å². The largest absolute Gasteiger partial charge is 0.493 e. The maximum absolute atomic E-state index is 12.2. The van der Waals surface area contributed by atoms with E-state index in [1.54, 1.807) is 0 Å². The topological polar surface area (TPSA) is 50.8 Å². The van der Waals surface area contributed by atoms with Crippen molar-refractivity contribution in [2.75, 3.05) is 44.8 Å². The van der Waals surface area contributed by atoms with Crippen LogP contribution in [0.3, 0.4) is 0 Å². The van der Waals surface area contributed by atoms with E-state index < -0.39 is 0 Å². The van der Waals surface area contributed by atoms with Gasteiger partial charge in [0.05, 0.1) is 26.2 Å². The van der Waals surface area contributed by atoms with Crippen molar-refractivity contribution in [2.45, 2.75) is 19.8 Å². The van der Waals surface area contributed by atoms with Gasteiger partial charge in [-0.25, -0.2) is 0 Å². The zero-order valence-electron chi connectivity index (χ0n) is 15.9. The summed E-state index contributed by atoms with van der Waals surface area (Å²) in [6.07, 6.45) is 1.34. The average Bonchev–Trinajstić information content (AvgIpc) is 2.68. The summed E-state index contributed by atoms with van der Waals surface area (Å²) < 4.78 is 11.2. The molecule has 0 atom stereocenters. The number of ether oxygens (including phenoxy) is 2.